The van der Waals surface area contributed by atoms with E-state index in [9.17, 15) is 17.6 Å². The minimum absolute atomic E-state index is 0.276. The molecule has 0 saturated heterocycles. The Labute approximate surface area is 114 Å². The van der Waals surface area contributed by atoms with Crippen molar-refractivity contribution in [2.75, 3.05) is 0 Å². The Balaban J connectivity index is 0.000000200. The first-order valence-corrected chi connectivity index (χ1v) is 5.63. The molecule has 0 radical (unpaired) electrons. The van der Waals surface area contributed by atoms with Crippen molar-refractivity contribution in [3.05, 3.63) is 84.0 Å². The van der Waals surface area contributed by atoms with Gasteiger partial charge < -0.3 is 0 Å². The summed E-state index contributed by atoms with van der Waals surface area (Å²) in [7, 11) is 0. The maximum atomic E-state index is 12.0. The second-order valence-electron chi connectivity index (χ2n) is 3.76. The molecular weight excluding hydrogens is 268 g/mol. The monoisotopic (exact) mass is 280 g/mol. The van der Waals surface area contributed by atoms with Crippen LogP contribution in [0.4, 0.5) is 17.6 Å². The van der Waals surface area contributed by atoms with E-state index in [4.69, 9.17) is 0 Å². The Morgan fingerprint density at radius 3 is 1.35 bits per heavy atom. The SMILES string of the molecule is C=Cc1ccc(C=C)cc1.Fc1cc(F)c(F)c(F)c1. The van der Waals surface area contributed by atoms with Gasteiger partial charge in [0.15, 0.2) is 17.5 Å². The summed E-state index contributed by atoms with van der Waals surface area (Å²) in [4.78, 5) is 0. The summed E-state index contributed by atoms with van der Waals surface area (Å²) in [6, 6.07) is 8.62. The Hall–Kier alpha value is -2.36. The highest BCUT2D eigenvalue weighted by Gasteiger charge is 2.09. The smallest absolute Gasteiger partial charge is 0.194 e. The lowest BCUT2D eigenvalue weighted by Gasteiger charge is -1.92. The second-order valence-corrected chi connectivity index (χ2v) is 3.76. The van der Waals surface area contributed by atoms with Crippen molar-refractivity contribution < 1.29 is 17.6 Å². The van der Waals surface area contributed by atoms with Crippen LogP contribution in [0.2, 0.25) is 0 Å². The molecule has 0 aliphatic heterocycles. The molecule has 0 nitrogen and oxygen atoms in total. The Morgan fingerprint density at radius 2 is 1.05 bits per heavy atom. The lowest BCUT2D eigenvalue weighted by atomic mass is 10.1. The van der Waals surface area contributed by atoms with Crippen LogP contribution in [0.1, 0.15) is 11.1 Å². The number of rotatable bonds is 2. The first kappa shape index (κ1) is 15.7. The normalized spacial score (nSPS) is 9.40. The van der Waals surface area contributed by atoms with Crippen LogP contribution in [0.5, 0.6) is 0 Å². The van der Waals surface area contributed by atoms with Crippen LogP contribution in [-0.4, -0.2) is 0 Å². The quantitative estimate of drug-likeness (QED) is 0.402. The minimum atomic E-state index is -1.65. The highest BCUT2D eigenvalue weighted by Crippen LogP contribution is 2.11. The lowest BCUT2D eigenvalue weighted by molar-refractivity contribution is 0.434. The van der Waals surface area contributed by atoms with Crippen molar-refractivity contribution >= 4 is 12.2 Å². The van der Waals surface area contributed by atoms with Gasteiger partial charge in [-0.15, -0.1) is 0 Å². The van der Waals surface area contributed by atoms with Gasteiger partial charge in [-0.2, -0.15) is 0 Å². The summed E-state index contributed by atoms with van der Waals surface area (Å²) in [6.45, 7) is 7.32. The molecule has 2 aromatic carbocycles. The standard InChI is InChI=1S/C10H10.C6H2F4/c1-3-9-5-7-10(4-2)8-6-9;7-3-1-4(8)6(10)5(9)2-3/h3-8H,1-2H2;1-2H. The Morgan fingerprint density at radius 1 is 0.700 bits per heavy atom. The zero-order valence-corrected chi connectivity index (χ0v) is 10.5. The van der Waals surface area contributed by atoms with Crippen molar-refractivity contribution in [2.24, 2.45) is 0 Å². The number of hydrogen-bond acceptors (Lipinski definition) is 0. The van der Waals surface area contributed by atoms with Crippen molar-refractivity contribution in [2.45, 2.75) is 0 Å². The summed E-state index contributed by atoms with van der Waals surface area (Å²) >= 11 is 0. The van der Waals surface area contributed by atoms with Crippen molar-refractivity contribution in [3.8, 4) is 0 Å². The van der Waals surface area contributed by atoms with E-state index in [0.717, 1.165) is 11.1 Å². The fourth-order valence-electron chi connectivity index (χ4n) is 1.29. The van der Waals surface area contributed by atoms with Gasteiger partial charge in [-0.25, -0.2) is 17.6 Å². The largest absolute Gasteiger partial charge is 0.207 e. The van der Waals surface area contributed by atoms with Crippen LogP contribution in [-0.2, 0) is 0 Å². The predicted molar refractivity (Wildman–Crippen MR) is 72.9 cm³/mol. The van der Waals surface area contributed by atoms with E-state index in [1.165, 1.54) is 0 Å². The molecule has 0 aliphatic carbocycles. The molecule has 0 unspecified atom stereocenters. The maximum Gasteiger partial charge on any atom is 0.194 e. The molecule has 0 bridgehead atoms. The van der Waals surface area contributed by atoms with E-state index < -0.39 is 23.3 Å². The highest BCUT2D eigenvalue weighted by molar-refractivity contribution is 5.53. The van der Waals surface area contributed by atoms with Crippen LogP contribution < -0.4 is 0 Å². The summed E-state index contributed by atoms with van der Waals surface area (Å²) in [5, 5.41) is 0. The highest BCUT2D eigenvalue weighted by atomic mass is 19.2. The van der Waals surface area contributed by atoms with Gasteiger partial charge in [0.2, 0.25) is 0 Å². The van der Waals surface area contributed by atoms with Gasteiger partial charge in [-0.1, -0.05) is 49.6 Å². The lowest BCUT2D eigenvalue weighted by Crippen LogP contribution is -1.91. The molecule has 0 saturated carbocycles. The van der Waals surface area contributed by atoms with Crippen LogP contribution in [0.15, 0.2) is 49.6 Å². The predicted octanol–water partition coefficient (Wildman–Crippen LogP) is 5.22. The van der Waals surface area contributed by atoms with Crippen molar-refractivity contribution in [1.82, 2.24) is 0 Å². The van der Waals surface area contributed by atoms with E-state index in [1.54, 1.807) is 0 Å². The summed E-state index contributed by atoms with van der Waals surface area (Å²) in [6.07, 6.45) is 3.65. The van der Waals surface area contributed by atoms with Gasteiger partial charge >= 0.3 is 0 Å². The third-order valence-electron chi connectivity index (χ3n) is 2.36. The molecule has 0 amide bonds. The van der Waals surface area contributed by atoms with Gasteiger partial charge in [0, 0.05) is 12.1 Å². The Bertz CT molecular complexity index is 550. The van der Waals surface area contributed by atoms with E-state index in [-0.39, 0.29) is 12.1 Å². The van der Waals surface area contributed by atoms with Crippen molar-refractivity contribution in [3.63, 3.8) is 0 Å². The van der Waals surface area contributed by atoms with Crippen molar-refractivity contribution in [1.29, 1.82) is 0 Å². The number of hydrogen-bond donors (Lipinski definition) is 0. The third-order valence-corrected chi connectivity index (χ3v) is 2.36. The molecule has 4 heteroatoms. The van der Waals surface area contributed by atoms with Crippen LogP contribution in [0.25, 0.3) is 12.2 Å². The van der Waals surface area contributed by atoms with Gasteiger partial charge in [-0.05, 0) is 11.1 Å². The number of halogens is 4. The molecule has 0 fully saturated rings. The fraction of sp³-hybridized carbons (Fsp3) is 0. The summed E-state index contributed by atoms with van der Waals surface area (Å²) < 4.78 is 47.9. The number of benzene rings is 2. The molecule has 2 rings (SSSR count). The van der Waals surface area contributed by atoms with E-state index in [0.29, 0.717) is 0 Å². The summed E-state index contributed by atoms with van der Waals surface area (Å²) in [5.74, 6) is -5.81. The molecule has 0 heterocycles. The zero-order chi connectivity index (χ0) is 15.1. The molecule has 0 aliphatic rings. The van der Waals surface area contributed by atoms with Gasteiger partial charge in [0.25, 0.3) is 0 Å². The average Bonchev–Trinajstić information content (AvgIpc) is 2.45. The maximum absolute atomic E-state index is 12.0. The fourth-order valence-corrected chi connectivity index (χ4v) is 1.29. The molecule has 2 aromatic rings. The van der Waals surface area contributed by atoms with Crippen LogP contribution in [0, 0.1) is 23.3 Å². The topological polar surface area (TPSA) is 0 Å². The van der Waals surface area contributed by atoms with Crippen LogP contribution in [0.3, 0.4) is 0 Å². The van der Waals surface area contributed by atoms with E-state index in [1.807, 2.05) is 36.4 Å². The molecule has 20 heavy (non-hydrogen) atoms. The van der Waals surface area contributed by atoms with Gasteiger partial charge in [0.05, 0.1) is 0 Å². The molecule has 0 spiro atoms. The first-order valence-electron chi connectivity index (χ1n) is 5.63. The van der Waals surface area contributed by atoms with Crippen LogP contribution >= 0.6 is 0 Å². The molecular formula is C16H12F4. The minimum Gasteiger partial charge on any atom is -0.207 e. The first-order chi connectivity index (χ1) is 9.47. The van der Waals surface area contributed by atoms with E-state index >= 15 is 0 Å². The van der Waals surface area contributed by atoms with E-state index in [2.05, 4.69) is 13.2 Å². The molecule has 0 aromatic heterocycles. The van der Waals surface area contributed by atoms with Gasteiger partial charge in [-0.3, -0.25) is 0 Å². The third kappa shape index (κ3) is 4.39. The Kier molecular flexibility index (Phi) is 5.72. The zero-order valence-electron chi connectivity index (χ0n) is 10.5. The van der Waals surface area contributed by atoms with Gasteiger partial charge in [0.1, 0.15) is 5.82 Å². The molecule has 0 N–H and O–H groups in total. The summed E-state index contributed by atoms with van der Waals surface area (Å²) in [5.41, 5.74) is 2.29. The second kappa shape index (κ2) is 7.28. The molecule has 104 valence electrons. The molecule has 0 atom stereocenters. The average molecular weight is 280 g/mol.